The number of hydrogen-bond donors (Lipinski definition) is 1. The molecule has 2 aliphatic rings. The minimum absolute atomic E-state index is 0.297. The largest absolute Gasteiger partial charge is 0.417 e. The van der Waals surface area contributed by atoms with Gasteiger partial charge in [-0.05, 0) is 48.3 Å². The maximum atomic E-state index is 12.9. The number of alkyl halides is 3. The van der Waals surface area contributed by atoms with Crippen molar-refractivity contribution in [3.63, 3.8) is 0 Å². The minimum atomic E-state index is -4.46. The first-order valence-corrected chi connectivity index (χ1v) is 6.73. The van der Waals surface area contributed by atoms with Gasteiger partial charge < -0.3 is 5.32 Å². The van der Waals surface area contributed by atoms with Gasteiger partial charge in [-0.2, -0.15) is 18.4 Å². The molecule has 1 spiro atoms. The molecule has 3 rings (SSSR count). The van der Waals surface area contributed by atoms with E-state index in [0.717, 1.165) is 32.0 Å². The van der Waals surface area contributed by atoms with Crippen LogP contribution in [-0.4, -0.2) is 13.1 Å². The predicted molar refractivity (Wildman–Crippen MR) is 67.9 cm³/mol. The molecule has 2 fully saturated rings. The number of benzene rings is 1. The van der Waals surface area contributed by atoms with E-state index in [2.05, 4.69) is 5.32 Å². The summed E-state index contributed by atoms with van der Waals surface area (Å²) in [5.41, 5.74) is 0.0132. The molecule has 0 radical (unpaired) electrons. The first kappa shape index (κ1) is 13.4. The van der Waals surface area contributed by atoms with Crippen molar-refractivity contribution in [1.29, 1.82) is 5.26 Å². The van der Waals surface area contributed by atoms with Crippen molar-refractivity contribution in [1.82, 2.24) is 5.32 Å². The number of halogens is 3. The Hall–Kier alpha value is -1.54. The van der Waals surface area contributed by atoms with Crippen molar-refractivity contribution in [3.8, 4) is 6.07 Å². The summed E-state index contributed by atoms with van der Waals surface area (Å²) >= 11 is 0. The molecule has 1 saturated heterocycles. The maximum Gasteiger partial charge on any atom is 0.417 e. The first-order valence-electron chi connectivity index (χ1n) is 6.73. The van der Waals surface area contributed by atoms with Gasteiger partial charge in [0.2, 0.25) is 0 Å². The number of hydrogen-bond acceptors (Lipinski definition) is 2. The summed E-state index contributed by atoms with van der Waals surface area (Å²) < 4.78 is 38.6. The molecule has 0 amide bonds. The molecule has 2 nitrogen and oxygen atoms in total. The van der Waals surface area contributed by atoms with Crippen molar-refractivity contribution in [2.24, 2.45) is 11.3 Å². The van der Waals surface area contributed by atoms with E-state index in [1.165, 1.54) is 6.07 Å². The maximum absolute atomic E-state index is 12.9. The Bertz CT molecular complexity index is 559. The van der Waals surface area contributed by atoms with Crippen LogP contribution in [0.1, 0.15) is 29.5 Å². The second-order valence-electron chi connectivity index (χ2n) is 6.07. The Morgan fingerprint density at radius 3 is 2.50 bits per heavy atom. The van der Waals surface area contributed by atoms with Crippen molar-refractivity contribution in [3.05, 3.63) is 34.9 Å². The summed E-state index contributed by atoms with van der Waals surface area (Å²) in [5.74, 6) is 0.478. The van der Waals surface area contributed by atoms with Gasteiger partial charge in [0.1, 0.15) is 0 Å². The van der Waals surface area contributed by atoms with Crippen LogP contribution in [-0.2, 0) is 12.6 Å². The molecule has 1 N–H and O–H groups in total. The van der Waals surface area contributed by atoms with Crippen LogP contribution in [0.15, 0.2) is 18.2 Å². The van der Waals surface area contributed by atoms with Gasteiger partial charge in [-0.1, -0.05) is 6.07 Å². The lowest BCUT2D eigenvalue weighted by Crippen LogP contribution is -2.60. The molecular weight excluding hydrogens is 265 g/mol. The smallest absolute Gasteiger partial charge is 0.316 e. The van der Waals surface area contributed by atoms with Crippen LogP contribution < -0.4 is 5.32 Å². The van der Waals surface area contributed by atoms with Crippen LogP contribution in [0.4, 0.5) is 13.2 Å². The molecule has 20 heavy (non-hydrogen) atoms. The quantitative estimate of drug-likeness (QED) is 0.903. The molecule has 0 bridgehead atoms. The second-order valence-corrected chi connectivity index (χ2v) is 6.07. The van der Waals surface area contributed by atoms with Crippen molar-refractivity contribution < 1.29 is 13.2 Å². The molecule has 0 atom stereocenters. The third-order valence-corrected chi connectivity index (χ3v) is 4.48. The lowest BCUT2D eigenvalue weighted by atomic mass is 9.57. The van der Waals surface area contributed by atoms with Gasteiger partial charge in [0.15, 0.2) is 0 Å². The fraction of sp³-hybridized carbons (Fsp3) is 0.533. The summed E-state index contributed by atoms with van der Waals surface area (Å²) in [6.45, 7) is 2.09. The van der Waals surface area contributed by atoms with E-state index < -0.39 is 11.7 Å². The van der Waals surface area contributed by atoms with E-state index in [1.54, 1.807) is 12.1 Å². The average molecular weight is 280 g/mol. The molecule has 1 aliphatic heterocycles. The second kappa shape index (κ2) is 4.49. The molecule has 0 aromatic heterocycles. The first-order chi connectivity index (χ1) is 9.42. The third-order valence-electron chi connectivity index (χ3n) is 4.48. The fourth-order valence-corrected chi connectivity index (χ4v) is 3.46. The zero-order valence-electron chi connectivity index (χ0n) is 10.9. The van der Waals surface area contributed by atoms with Crippen LogP contribution in [0.2, 0.25) is 0 Å². The molecule has 1 aromatic carbocycles. The Balaban J connectivity index is 1.73. The summed E-state index contributed by atoms with van der Waals surface area (Å²) in [6.07, 6.45) is -1.58. The van der Waals surface area contributed by atoms with Crippen LogP contribution in [0.5, 0.6) is 0 Å². The Morgan fingerprint density at radius 1 is 1.30 bits per heavy atom. The highest BCUT2D eigenvalue weighted by molar-refractivity contribution is 5.42. The highest BCUT2D eigenvalue weighted by atomic mass is 19.4. The number of nitrogens with one attached hydrogen (secondary N) is 1. The van der Waals surface area contributed by atoms with E-state index in [4.69, 9.17) is 5.26 Å². The topological polar surface area (TPSA) is 35.8 Å². The summed E-state index contributed by atoms with van der Waals surface area (Å²) in [7, 11) is 0. The van der Waals surface area contributed by atoms with Gasteiger partial charge in [-0.3, -0.25) is 0 Å². The van der Waals surface area contributed by atoms with Crippen molar-refractivity contribution in [2.45, 2.75) is 25.4 Å². The van der Waals surface area contributed by atoms with E-state index in [9.17, 15) is 13.2 Å². The summed E-state index contributed by atoms with van der Waals surface area (Å²) in [6, 6.07) is 5.69. The van der Waals surface area contributed by atoms with Gasteiger partial charge in [-0.15, -0.1) is 0 Å². The van der Waals surface area contributed by atoms with Crippen molar-refractivity contribution in [2.75, 3.05) is 13.1 Å². The van der Waals surface area contributed by atoms with E-state index in [-0.39, 0.29) is 5.56 Å². The molecular formula is C15H15F3N2. The Morgan fingerprint density at radius 2 is 2.00 bits per heavy atom. The van der Waals surface area contributed by atoms with Crippen molar-refractivity contribution >= 4 is 0 Å². The van der Waals surface area contributed by atoms with Gasteiger partial charge in [0.05, 0.1) is 17.2 Å². The SMILES string of the molecule is N#Cc1ccc(CC2CC3(CNC3)C2)cc1C(F)(F)F. The minimum Gasteiger partial charge on any atom is -0.316 e. The molecule has 1 aromatic rings. The zero-order valence-corrected chi connectivity index (χ0v) is 10.9. The standard InChI is InChI=1S/C15H15F3N2/c16-15(17,18)13-4-10(1-2-12(13)7-19)3-11-5-14(6-11)8-20-9-14/h1-2,4,11,20H,3,5-6,8-9H2. The molecule has 1 heterocycles. The monoisotopic (exact) mass is 280 g/mol. The normalized spacial score (nSPS) is 21.1. The lowest BCUT2D eigenvalue weighted by Gasteiger charge is -2.54. The zero-order chi connectivity index (χ0) is 14.4. The number of nitriles is 1. The predicted octanol–water partition coefficient (Wildman–Crippen LogP) is 3.12. The number of nitrogens with zero attached hydrogens (tertiary/aromatic N) is 1. The van der Waals surface area contributed by atoms with Gasteiger partial charge in [0, 0.05) is 13.1 Å². The highest BCUT2D eigenvalue weighted by Gasteiger charge is 2.48. The summed E-state index contributed by atoms with van der Waals surface area (Å²) in [5, 5.41) is 12.0. The Labute approximate surface area is 115 Å². The van der Waals surface area contributed by atoms with Gasteiger partial charge in [0.25, 0.3) is 0 Å². The van der Waals surface area contributed by atoms with Gasteiger partial charge >= 0.3 is 6.18 Å². The molecule has 5 heteroatoms. The molecule has 106 valence electrons. The van der Waals surface area contributed by atoms with Crippen LogP contribution in [0.3, 0.4) is 0 Å². The summed E-state index contributed by atoms with van der Waals surface area (Å²) in [4.78, 5) is 0. The van der Waals surface area contributed by atoms with Gasteiger partial charge in [-0.25, -0.2) is 0 Å². The van der Waals surface area contributed by atoms with E-state index >= 15 is 0 Å². The average Bonchev–Trinajstić information content (AvgIpc) is 2.29. The number of rotatable bonds is 2. The van der Waals surface area contributed by atoms with Crippen LogP contribution >= 0.6 is 0 Å². The van der Waals surface area contributed by atoms with Crippen LogP contribution in [0, 0.1) is 22.7 Å². The molecule has 0 unspecified atom stereocenters. The van der Waals surface area contributed by atoms with Crippen LogP contribution in [0.25, 0.3) is 0 Å². The third kappa shape index (κ3) is 2.29. The molecule has 1 saturated carbocycles. The molecule has 1 aliphatic carbocycles. The fourth-order valence-electron chi connectivity index (χ4n) is 3.46. The van der Waals surface area contributed by atoms with E-state index in [0.29, 0.717) is 23.3 Å². The van der Waals surface area contributed by atoms with E-state index in [1.807, 2.05) is 0 Å². The lowest BCUT2D eigenvalue weighted by molar-refractivity contribution is -0.137. The Kier molecular flexibility index (Phi) is 3.02. The highest BCUT2D eigenvalue weighted by Crippen LogP contribution is 2.49.